The van der Waals surface area contributed by atoms with E-state index in [2.05, 4.69) is 4.90 Å². The summed E-state index contributed by atoms with van der Waals surface area (Å²) >= 11 is 3.53. The van der Waals surface area contributed by atoms with E-state index in [1.807, 2.05) is 46.8 Å². The first-order chi connectivity index (χ1) is 12.2. The first-order valence-corrected chi connectivity index (χ1v) is 10.9. The number of piperazine rings is 1. The van der Waals surface area contributed by atoms with Crippen LogP contribution >= 0.6 is 23.1 Å². The number of nitrogens with zero attached hydrogens (tertiary/aromatic N) is 3. The maximum atomic E-state index is 12.8. The molecule has 25 heavy (non-hydrogen) atoms. The summed E-state index contributed by atoms with van der Waals surface area (Å²) in [5, 5.41) is 1.25. The third kappa shape index (κ3) is 3.61. The molecule has 0 saturated carbocycles. The molecule has 1 aliphatic heterocycles. The number of benzene rings is 1. The normalized spacial score (nSPS) is 17.7. The minimum Gasteiger partial charge on any atom is -0.336 e. The van der Waals surface area contributed by atoms with Crippen molar-refractivity contribution in [3.05, 3.63) is 45.4 Å². The van der Waals surface area contributed by atoms with Gasteiger partial charge < -0.3 is 4.90 Å². The number of hydrogen-bond acceptors (Lipinski definition) is 5. The summed E-state index contributed by atoms with van der Waals surface area (Å²) in [6.07, 6.45) is 5.66. The zero-order valence-corrected chi connectivity index (χ0v) is 16.2. The number of thiazole rings is 1. The van der Waals surface area contributed by atoms with Gasteiger partial charge >= 0.3 is 0 Å². The Hall–Kier alpha value is -1.37. The molecule has 6 heteroatoms. The van der Waals surface area contributed by atoms with Crippen molar-refractivity contribution in [3.8, 4) is 0 Å². The molecule has 1 fully saturated rings. The summed E-state index contributed by atoms with van der Waals surface area (Å²) in [6, 6.07) is 7.91. The molecule has 0 spiro atoms. The molecule has 1 aromatic carbocycles. The quantitative estimate of drug-likeness (QED) is 0.771. The van der Waals surface area contributed by atoms with Crippen molar-refractivity contribution in [2.24, 2.45) is 0 Å². The van der Waals surface area contributed by atoms with Crippen LogP contribution in [-0.2, 0) is 19.4 Å². The van der Waals surface area contributed by atoms with Gasteiger partial charge in [-0.2, -0.15) is 0 Å². The standard InChI is InChI=1S/C19H23N3OS2/c1-24-16-7-3-2-5-14(16)19(23)22-11-9-21(10-12-22)13-18-20-15-6-4-8-17(15)25-18/h2-3,5,7H,4,6,8-13H2,1H3. The summed E-state index contributed by atoms with van der Waals surface area (Å²) in [4.78, 5) is 24.6. The van der Waals surface area contributed by atoms with Crippen molar-refractivity contribution < 1.29 is 4.79 Å². The molecular weight excluding hydrogens is 350 g/mol. The van der Waals surface area contributed by atoms with Crippen LogP contribution in [-0.4, -0.2) is 53.1 Å². The summed E-state index contributed by atoms with van der Waals surface area (Å²) in [7, 11) is 0. The smallest absolute Gasteiger partial charge is 0.255 e. The van der Waals surface area contributed by atoms with E-state index >= 15 is 0 Å². The van der Waals surface area contributed by atoms with Crippen LogP contribution < -0.4 is 0 Å². The van der Waals surface area contributed by atoms with Crippen LogP contribution in [0.2, 0.25) is 0 Å². The minimum atomic E-state index is 0.165. The van der Waals surface area contributed by atoms with Gasteiger partial charge in [0.1, 0.15) is 5.01 Å². The molecule has 1 amide bonds. The van der Waals surface area contributed by atoms with E-state index in [-0.39, 0.29) is 5.91 Å². The first kappa shape index (κ1) is 17.1. The zero-order chi connectivity index (χ0) is 17.2. The number of aryl methyl sites for hydroxylation is 2. The van der Waals surface area contributed by atoms with Crippen molar-refractivity contribution in [2.75, 3.05) is 32.4 Å². The molecule has 1 saturated heterocycles. The van der Waals surface area contributed by atoms with Crippen LogP contribution in [0.15, 0.2) is 29.2 Å². The summed E-state index contributed by atoms with van der Waals surface area (Å²) < 4.78 is 0. The molecule has 1 aromatic heterocycles. The number of hydrogen-bond donors (Lipinski definition) is 0. The highest BCUT2D eigenvalue weighted by atomic mass is 32.2. The zero-order valence-electron chi connectivity index (χ0n) is 14.5. The summed E-state index contributed by atoms with van der Waals surface area (Å²) in [5.74, 6) is 0.165. The molecule has 0 atom stereocenters. The van der Waals surface area contributed by atoms with E-state index in [4.69, 9.17) is 4.98 Å². The predicted molar refractivity (Wildman–Crippen MR) is 104 cm³/mol. The molecule has 132 valence electrons. The Balaban J connectivity index is 1.35. The molecule has 0 bridgehead atoms. The van der Waals surface area contributed by atoms with Gasteiger partial charge in [0, 0.05) is 36.0 Å². The van der Waals surface area contributed by atoms with Gasteiger partial charge in [0.2, 0.25) is 0 Å². The van der Waals surface area contributed by atoms with Crippen molar-refractivity contribution in [2.45, 2.75) is 30.7 Å². The van der Waals surface area contributed by atoms with Gasteiger partial charge in [0.15, 0.2) is 0 Å². The van der Waals surface area contributed by atoms with Crippen LogP contribution in [0, 0.1) is 0 Å². The SMILES string of the molecule is CSc1ccccc1C(=O)N1CCN(Cc2nc3c(s2)CCC3)CC1. The minimum absolute atomic E-state index is 0.165. The van der Waals surface area contributed by atoms with Crippen molar-refractivity contribution in [1.82, 2.24) is 14.8 Å². The monoisotopic (exact) mass is 373 g/mol. The second kappa shape index (κ2) is 7.48. The van der Waals surface area contributed by atoms with E-state index in [1.165, 1.54) is 28.4 Å². The molecule has 2 aliphatic rings. The van der Waals surface area contributed by atoms with Gasteiger partial charge in [0.05, 0.1) is 17.8 Å². The maximum Gasteiger partial charge on any atom is 0.255 e. The molecule has 4 nitrogen and oxygen atoms in total. The van der Waals surface area contributed by atoms with Crippen molar-refractivity contribution in [3.63, 3.8) is 0 Å². The van der Waals surface area contributed by atoms with Crippen LogP contribution in [0.3, 0.4) is 0 Å². The maximum absolute atomic E-state index is 12.8. The molecule has 4 rings (SSSR count). The molecule has 0 N–H and O–H groups in total. The number of aromatic nitrogens is 1. The molecular formula is C19H23N3OS2. The molecule has 2 aromatic rings. The average Bonchev–Trinajstić information content (AvgIpc) is 3.23. The highest BCUT2D eigenvalue weighted by Gasteiger charge is 2.25. The summed E-state index contributed by atoms with van der Waals surface area (Å²) in [5.41, 5.74) is 2.17. The Morgan fingerprint density at radius 3 is 2.76 bits per heavy atom. The third-order valence-corrected chi connectivity index (χ3v) is 6.93. The summed E-state index contributed by atoms with van der Waals surface area (Å²) in [6.45, 7) is 4.38. The lowest BCUT2D eigenvalue weighted by atomic mass is 10.2. The van der Waals surface area contributed by atoms with E-state index < -0.39 is 0 Å². The molecule has 0 radical (unpaired) electrons. The van der Waals surface area contributed by atoms with Gasteiger partial charge in [-0.15, -0.1) is 23.1 Å². The van der Waals surface area contributed by atoms with Gasteiger partial charge in [0.25, 0.3) is 5.91 Å². The molecule has 0 unspecified atom stereocenters. The lowest BCUT2D eigenvalue weighted by molar-refractivity contribution is 0.0625. The molecule has 1 aliphatic carbocycles. The van der Waals surface area contributed by atoms with Crippen molar-refractivity contribution >= 4 is 29.0 Å². The number of rotatable bonds is 4. The number of fused-ring (bicyclic) bond motifs is 1. The topological polar surface area (TPSA) is 36.4 Å². The van der Waals surface area contributed by atoms with E-state index in [1.54, 1.807) is 11.8 Å². The molecule has 2 heterocycles. The van der Waals surface area contributed by atoms with E-state index in [0.717, 1.165) is 49.6 Å². The average molecular weight is 374 g/mol. The lowest BCUT2D eigenvalue weighted by Crippen LogP contribution is -2.48. The van der Waals surface area contributed by atoms with Crippen LogP contribution in [0.5, 0.6) is 0 Å². The first-order valence-electron chi connectivity index (χ1n) is 8.86. The van der Waals surface area contributed by atoms with Gasteiger partial charge in [-0.25, -0.2) is 4.98 Å². The van der Waals surface area contributed by atoms with Crippen LogP contribution in [0.1, 0.15) is 32.4 Å². The highest BCUT2D eigenvalue weighted by molar-refractivity contribution is 7.98. The second-order valence-electron chi connectivity index (χ2n) is 6.60. The Bertz CT molecular complexity index is 744. The number of thioether (sulfide) groups is 1. The largest absolute Gasteiger partial charge is 0.336 e. The highest BCUT2D eigenvalue weighted by Crippen LogP contribution is 2.28. The fourth-order valence-electron chi connectivity index (χ4n) is 3.60. The van der Waals surface area contributed by atoms with E-state index in [9.17, 15) is 4.79 Å². The predicted octanol–water partition coefficient (Wildman–Crippen LogP) is 3.31. The number of amides is 1. The Morgan fingerprint density at radius 2 is 2.00 bits per heavy atom. The second-order valence-corrected chi connectivity index (χ2v) is 8.62. The Morgan fingerprint density at radius 1 is 1.20 bits per heavy atom. The lowest BCUT2D eigenvalue weighted by Gasteiger charge is -2.34. The number of carbonyl (C=O) groups excluding carboxylic acids is 1. The Labute approximate surface area is 157 Å². The Kier molecular flexibility index (Phi) is 5.10. The van der Waals surface area contributed by atoms with Gasteiger partial charge in [-0.3, -0.25) is 9.69 Å². The number of carbonyl (C=O) groups is 1. The van der Waals surface area contributed by atoms with Crippen LogP contribution in [0.4, 0.5) is 0 Å². The van der Waals surface area contributed by atoms with Crippen LogP contribution in [0.25, 0.3) is 0 Å². The van der Waals surface area contributed by atoms with E-state index in [0.29, 0.717) is 0 Å². The third-order valence-electron chi connectivity index (χ3n) is 5.00. The fourth-order valence-corrected chi connectivity index (χ4v) is 5.39. The van der Waals surface area contributed by atoms with Gasteiger partial charge in [-0.1, -0.05) is 12.1 Å². The van der Waals surface area contributed by atoms with Gasteiger partial charge in [-0.05, 0) is 37.7 Å². The fraction of sp³-hybridized carbons (Fsp3) is 0.474. The van der Waals surface area contributed by atoms with Crippen molar-refractivity contribution in [1.29, 1.82) is 0 Å².